The van der Waals surface area contributed by atoms with Crippen LogP contribution in [0.5, 0.6) is 0 Å². The van der Waals surface area contributed by atoms with Crippen molar-refractivity contribution < 1.29 is 0 Å². The molecule has 4 heteroatoms. The number of hydrogen-bond donors (Lipinski definition) is 0. The fraction of sp³-hybridized carbons (Fsp3) is 0.500. The van der Waals surface area contributed by atoms with Gasteiger partial charge in [0.1, 0.15) is 0 Å². The molecule has 3 nitrogen and oxygen atoms in total. The van der Waals surface area contributed by atoms with Gasteiger partial charge >= 0.3 is 0 Å². The first-order valence-corrected chi connectivity index (χ1v) is 6.65. The summed E-state index contributed by atoms with van der Waals surface area (Å²) in [6, 6.07) is 6.06. The molecule has 0 N–H and O–H groups in total. The van der Waals surface area contributed by atoms with E-state index in [4.69, 9.17) is 18.2 Å². The largest absolute Gasteiger partial charge is 0.369 e. The van der Waals surface area contributed by atoms with Crippen LogP contribution in [0.2, 0.25) is 5.02 Å². The fourth-order valence-corrected chi connectivity index (χ4v) is 2.49. The lowest BCUT2D eigenvalue weighted by molar-refractivity contribution is 0.269. The van der Waals surface area contributed by atoms with E-state index >= 15 is 0 Å². The summed E-state index contributed by atoms with van der Waals surface area (Å²) in [5.41, 5.74) is 2.52. The predicted octanol–water partition coefficient (Wildman–Crippen LogP) is 2.69. The third-order valence-electron chi connectivity index (χ3n) is 3.41. The van der Waals surface area contributed by atoms with Crippen LogP contribution in [0.3, 0.4) is 0 Å². The SMILES string of the molecule is [C-]#[N+]CCN1CCN(c2cc(Cl)ccc2C)CC1. The number of halogens is 1. The van der Waals surface area contributed by atoms with E-state index in [1.165, 1.54) is 11.3 Å². The van der Waals surface area contributed by atoms with Gasteiger partial charge in [-0.1, -0.05) is 17.7 Å². The number of hydrogen-bond acceptors (Lipinski definition) is 2. The Bertz CT molecular complexity index is 445. The summed E-state index contributed by atoms with van der Waals surface area (Å²) in [4.78, 5) is 8.15. The van der Waals surface area contributed by atoms with Gasteiger partial charge in [-0.2, -0.15) is 0 Å². The summed E-state index contributed by atoms with van der Waals surface area (Å²) < 4.78 is 0. The number of anilines is 1. The summed E-state index contributed by atoms with van der Waals surface area (Å²) in [7, 11) is 0. The normalized spacial score (nSPS) is 16.6. The van der Waals surface area contributed by atoms with E-state index in [-0.39, 0.29) is 0 Å². The van der Waals surface area contributed by atoms with Gasteiger partial charge in [-0.05, 0) is 24.6 Å². The van der Waals surface area contributed by atoms with Gasteiger partial charge in [0, 0.05) is 36.9 Å². The molecular weight excluding hydrogens is 246 g/mol. The number of aryl methyl sites for hydroxylation is 1. The highest BCUT2D eigenvalue weighted by Crippen LogP contribution is 2.25. The molecule has 0 bridgehead atoms. The molecule has 0 unspecified atom stereocenters. The van der Waals surface area contributed by atoms with Crippen molar-refractivity contribution in [2.45, 2.75) is 6.92 Å². The van der Waals surface area contributed by atoms with Crippen LogP contribution in [0.4, 0.5) is 5.69 Å². The van der Waals surface area contributed by atoms with Crippen LogP contribution in [0, 0.1) is 13.5 Å². The Kier molecular flexibility index (Phi) is 4.46. The van der Waals surface area contributed by atoms with Crippen molar-refractivity contribution in [1.29, 1.82) is 0 Å². The van der Waals surface area contributed by atoms with Crippen molar-refractivity contribution in [3.05, 3.63) is 40.2 Å². The highest BCUT2D eigenvalue weighted by molar-refractivity contribution is 6.30. The van der Waals surface area contributed by atoms with Gasteiger partial charge in [0.05, 0.1) is 6.54 Å². The molecule has 0 aromatic heterocycles. The number of benzene rings is 1. The first kappa shape index (κ1) is 13.2. The molecule has 2 rings (SSSR count). The maximum Gasteiger partial charge on any atom is 0.227 e. The first-order valence-electron chi connectivity index (χ1n) is 6.27. The maximum absolute atomic E-state index is 6.82. The maximum atomic E-state index is 6.82. The molecule has 1 saturated heterocycles. The minimum atomic E-state index is 0.607. The Morgan fingerprint density at radius 3 is 2.67 bits per heavy atom. The standard InChI is InChI=1S/C14H18ClN3/c1-12-3-4-13(15)11-14(12)18-9-7-17(8-10-18)6-5-16-2/h3-4,11H,5-10H2,1H3. The van der Waals surface area contributed by atoms with Crippen molar-refractivity contribution in [2.75, 3.05) is 44.2 Å². The molecule has 1 heterocycles. The molecule has 96 valence electrons. The average Bonchev–Trinajstić information content (AvgIpc) is 2.40. The zero-order valence-corrected chi connectivity index (χ0v) is 11.5. The van der Waals surface area contributed by atoms with E-state index in [2.05, 4.69) is 27.6 Å². The highest BCUT2D eigenvalue weighted by atomic mass is 35.5. The van der Waals surface area contributed by atoms with E-state index in [1.807, 2.05) is 12.1 Å². The molecule has 0 spiro atoms. The van der Waals surface area contributed by atoms with E-state index < -0.39 is 0 Å². The van der Waals surface area contributed by atoms with Crippen LogP contribution in [0.15, 0.2) is 18.2 Å². The number of nitrogens with zero attached hydrogens (tertiary/aromatic N) is 3. The third kappa shape index (κ3) is 3.16. The van der Waals surface area contributed by atoms with Crippen molar-refractivity contribution in [2.24, 2.45) is 0 Å². The van der Waals surface area contributed by atoms with Crippen LogP contribution in [0.1, 0.15) is 5.56 Å². The molecule has 1 aliphatic heterocycles. The van der Waals surface area contributed by atoms with Gasteiger partial charge < -0.3 is 9.74 Å². The summed E-state index contributed by atoms with van der Waals surface area (Å²) in [6.07, 6.45) is 0. The van der Waals surface area contributed by atoms with Gasteiger partial charge in [-0.15, -0.1) is 0 Å². The van der Waals surface area contributed by atoms with Gasteiger partial charge in [0.2, 0.25) is 6.54 Å². The van der Waals surface area contributed by atoms with E-state index in [9.17, 15) is 0 Å². The van der Waals surface area contributed by atoms with Gasteiger partial charge in [0.25, 0.3) is 0 Å². The molecule has 1 fully saturated rings. The third-order valence-corrected chi connectivity index (χ3v) is 3.65. The van der Waals surface area contributed by atoms with Gasteiger partial charge in [0.15, 0.2) is 0 Å². The van der Waals surface area contributed by atoms with Crippen molar-refractivity contribution in [3.8, 4) is 0 Å². The fourth-order valence-electron chi connectivity index (χ4n) is 2.33. The lowest BCUT2D eigenvalue weighted by atomic mass is 10.1. The van der Waals surface area contributed by atoms with Crippen molar-refractivity contribution in [3.63, 3.8) is 0 Å². The number of piperazine rings is 1. The minimum Gasteiger partial charge on any atom is -0.369 e. The Labute approximate surface area is 114 Å². The van der Waals surface area contributed by atoms with Crippen LogP contribution >= 0.6 is 11.6 Å². The first-order chi connectivity index (χ1) is 8.70. The second-order valence-electron chi connectivity index (χ2n) is 4.64. The molecular formula is C14H18ClN3. The van der Waals surface area contributed by atoms with Crippen molar-refractivity contribution in [1.82, 2.24) is 4.90 Å². The van der Waals surface area contributed by atoms with Crippen LogP contribution < -0.4 is 4.90 Å². The van der Waals surface area contributed by atoms with E-state index in [1.54, 1.807) is 0 Å². The molecule has 1 aromatic carbocycles. The van der Waals surface area contributed by atoms with Crippen LogP contribution in [-0.4, -0.2) is 44.2 Å². The zero-order chi connectivity index (χ0) is 13.0. The molecule has 0 amide bonds. The second-order valence-corrected chi connectivity index (χ2v) is 5.08. The highest BCUT2D eigenvalue weighted by Gasteiger charge is 2.18. The smallest absolute Gasteiger partial charge is 0.227 e. The van der Waals surface area contributed by atoms with Crippen molar-refractivity contribution >= 4 is 17.3 Å². The lowest BCUT2D eigenvalue weighted by Crippen LogP contribution is -2.47. The zero-order valence-electron chi connectivity index (χ0n) is 10.7. The molecule has 0 aliphatic carbocycles. The molecule has 1 aliphatic rings. The summed E-state index contributed by atoms with van der Waals surface area (Å²) in [5, 5.41) is 0.797. The Morgan fingerprint density at radius 1 is 1.28 bits per heavy atom. The predicted molar refractivity (Wildman–Crippen MR) is 76.3 cm³/mol. The summed E-state index contributed by atoms with van der Waals surface area (Å²) in [5.74, 6) is 0. The van der Waals surface area contributed by atoms with E-state index in [0.29, 0.717) is 6.54 Å². The second kappa shape index (κ2) is 6.08. The van der Waals surface area contributed by atoms with Crippen LogP contribution in [-0.2, 0) is 0 Å². The molecule has 0 atom stereocenters. The Morgan fingerprint density at radius 2 is 2.00 bits per heavy atom. The van der Waals surface area contributed by atoms with E-state index in [0.717, 1.165) is 37.7 Å². The molecule has 0 saturated carbocycles. The molecule has 1 aromatic rings. The number of rotatable bonds is 3. The lowest BCUT2D eigenvalue weighted by Gasteiger charge is -2.36. The molecule has 0 radical (unpaired) electrons. The minimum absolute atomic E-state index is 0.607. The Balaban J connectivity index is 1.97. The Hall–Kier alpha value is -1.24. The quantitative estimate of drug-likeness (QED) is 0.777. The van der Waals surface area contributed by atoms with Crippen LogP contribution in [0.25, 0.3) is 4.85 Å². The molecule has 18 heavy (non-hydrogen) atoms. The topological polar surface area (TPSA) is 10.8 Å². The summed E-state index contributed by atoms with van der Waals surface area (Å²) >= 11 is 6.06. The van der Waals surface area contributed by atoms with Gasteiger partial charge in [-0.25, -0.2) is 6.57 Å². The average molecular weight is 264 g/mol. The monoisotopic (exact) mass is 263 g/mol. The summed E-state index contributed by atoms with van der Waals surface area (Å²) in [6.45, 7) is 14.5. The van der Waals surface area contributed by atoms with Gasteiger partial charge in [-0.3, -0.25) is 4.90 Å².